The first kappa shape index (κ1) is 19.7. The molecule has 0 aromatic heterocycles. The van der Waals surface area contributed by atoms with Gasteiger partial charge in [0, 0.05) is 12.2 Å². The smallest absolute Gasteiger partial charge is 0.435 e. The molecule has 1 aliphatic heterocycles. The zero-order valence-electron chi connectivity index (χ0n) is 13.5. The molecular formula is C16H19F3NO4S+. The van der Waals surface area contributed by atoms with Crippen molar-refractivity contribution < 1.29 is 37.5 Å². The lowest BCUT2D eigenvalue weighted by atomic mass is 9.91. The average molecular weight is 378 g/mol. The number of quaternary nitrogens is 1. The van der Waals surface area contributed by atoms with Crippen molar-refractivity contribution in [2.24, 2.45) is 0 Å². The highest BCUT2D eigenvalue weighted by Crippen LogP contribution is 2.42. The van der Waals surface area contributed by atoms with Crippen molar-refractivity contribution in [2.45, 2.75) is 37.6 Å². The van der Waals surface area contributed by atoms with Crippen LogP contribution in [0.1, 0.15) is 30.9 Å². The van der Waals surface area contributed by atoms with Gasteiger partial charge < -0.3 is 10.2 Å². The van der Waals surface area contributed by atoms with Gasteiger partial charge in [-0.15, -0.1) is 0 Å². The van der Waals surface area contributed by atoms with Crippen LogP contribution in [0.25, 0.3) is 0 Å². The zero-order valence-corrected chi connectivity index (χ0v) is 14.3. The lowest BCUT2D eigenvalue weighted by Gasteiger charge is -2.30. The molecule has 1 aromatic rings. The molecule has 2 unspecified atom stereocenters. The quantitative estimate of drug-likeness (QED) is 0.558. The minimum atomic E-state index is -4.51. The highest BCUT2D eigenvalue weighted by molar-refractivity contribution is 7.80. The summed E-state index contributed by atoms with van der Waals surface area (Å²) in [7, 11) is 0. The second-order valence-electron chi connectivity index (χ2n) is 6.34. The maximum absolute atomic E-state index is 12.7. The molecule has 1 aliphatic rings. The Kier molecular flexibility index (Phi) is 5.23. The van der Waals surface area contributed by atoms with Gasteiger partial charge >= 0.3 is 18.2 Å². The Morgan fingerprint density at radius 3 is 2.32 bits per heavy atom. The third kappa shape index (κ3) is 3.40. The third-order valence-electron chi connectivity index (χ3n) is 4.76. The van der Waals surface area contributed by atoms with Gasteiger partial charge in [-0.25, -0.2) is 4.79 Å². The maximum atomic E-state index is 12.7. The number of halogens is 3. The van der Waals surface area contributed by atoms with E-state index in [2.05, 4.69) is 12.6 Å². The van der Waals surface area contributed by atoms with Crippen molar-refractivity contribution in [3.8, 4) is 0 Å². The van der Waals surface area contributed by atoms with Crippen LogP contribution in [0.3, 0.4) is 0 Å². The molecule has 1 fully saturated rings. The summed E-state index contributed by atoms with van der Waals surface area (Å²) in [6, 6.07) is 3.20. The zero-order chi connectivity index (χ0) is 19.0. The van der Waals surface area contributed by atoms with Gasteiger partial charge in [0.15, 0.2) is 0 Å². The number of amides is 2. The predicted molar refractivity (Wildman–Crippen MR) is 86.0 cm³/mol. The van der Waals surface area contributed by atoms with Gasteiger partial charge in [-0.05, 0) is 24.6 Å². The van der Waals surface area contributed by atoms with Crippen LogP contribution in [0.5, 0.6) is 0 Å². The molecule has 138 valence electrons. The normalized spacial score (nSPS) is 29.6. The summed E-state index contributed by atoms with van der Waals surface area (Å²) in [5, 5.41) is 20.5. The van der Waals surface area contributed by atoms with Crippen molar-refractivity contribution in [3.63, 3.8) is 0 Å². The monoisotopic (exact) mass is 378 g/mol. The fourth-order valence-corrected chi connectivity index (χ4v) is 3.64. The lowest BCUT2D eigenvalue weighted by molar-refractivity contribution is -0.796. The number of carbonyl (C=O) groups is 2. The van der Waals surface area contributed by atoms with Crippen LogP contribution >= 0.6 is 12.6 Å². The highest BCUT2D eigenvalue weighted by atomic mass is 32.1. The summed E-state index contributed by atoms with van der Waals surface area (Å²) < 4.78 is 37.1. The van der Waals surface area contributed by atoms with Crippen LogP contribution in [0, 0.1) is 0 Å². The van der Waals surface area contributed by atoms with E-state index in [-0.39, 0.29) is 24.2 Å². The number of carboxylic acid groups (broad SMARTS) is 1. The molecule has 5 nitrogen and oxygen atoms in total. The number of nitrogens with zero attached hydrogens (tertiary/aromatic N) is 1. The topological polar surface area (TPSA) is 74.6 Å². The van der Waals surface area contributed by atoms with Crippen LogP contribution in [0.2, 0.25) is 0 Å². The molecular weight excluding hydrogens is 359 g/mol. The van der Waals surface area contributed by atoms with Crippen LogP contribution in [-0.2, 0) is 16.6 Å². The third-order valence-corrected chi connectivity index (χ3v) is 4.98. The Morgan fingerprint density at radius 2 is 1.88 bits per heavy atom. The number of imide groups is 1. The van der Waals surface area contributed by atoms with Crippen LogP contribution in [0.15, 0.2) is 24.3 Å². The van der Waals surface area contributed by atoms with E-state index in [4.69, 9.17) is 0 Å². The standard InChI is InChI=1S/C16H18F3NO4S/c1-10-8-15(24,9-20(10,14(22)23)13(21)6-7-25)11-2-4-12(5-3-11)16(17,18)19/h2-5,10,24H,6-9H2,1H3,(H-,22,23,25)/p+1/t10-,15?,20?/m1/s1. The van der Waals surface area contributed by atoms with Gasteiger partial charge in [0.1, 0.15) is 18.2 Å². The van der Waals surface area contributed by atoms with Crippen molar-refractivity contribution in [1.82, 2.24) is 0 Å². The number of hydrogen-bond donors (Lipinski definition) is 3. The summed E-state index contributed by atoms with van der Waals surface area (Å²) >= 11 is 3.95. The van der Waals surface area contributed by atoms with Gasteiger partial charge in [-0.2, -0.15) is 35.1 Å². The van der Waals surface area contributed by atoms with E-state index in [9.17, 15) is 33.0 Å². The van der Waals surface area contributed by atoms with Crippen LogP contribution in [0.4, 0.5) is 18.0 Å². The Balaban J connectivity index is 2.40. The van der Waals surface area contributed by atoms with E-state index >= 15 is 0 Å². The molecule has 1 saturated heterocycles. The number of aliphatic hydroxyl groups is 1. The van der Waals surface area contributed by atoms with Crippen molar-refractivity contribution >= 4 is 24.6 Å². The Labute approximate surface area is 148 Å². The molecule has 2 amide bonds. The fourth-order valence-electron chi connectivity index (χ4n) is 3.45. The molecule has 3 atom stereocenters. The summed E-state index contributed by atoms with van der Waals surface area (Å²) in [5.41, 5.74) is -2.41. The summed E-state index contributed by atoms with van der Waals surface area (Å²) in [5.74, 6) is -0.421. The second-order valence-corrected chi connectivity index (χ2v) is 6.78. The largest absolute Gasteiger partial charge is 0.521 e. The second kappa shape index (κ2) is 6.62. The molecule has 9 heteroatoms. The van der Waals surface area contributed by atoms with Gasteiger partial charge in [0.25, 0.3) is 0 Å². The lowest BCUT2D eigenvalue weighted by Crippen LogP contribution is -2.59. The molecule has 0 aliphatic carbocycles. The molecule has 1 aromatic carbocycles. The van der Waals surface area contributed by atoms with Crippen molar-refractivity contribution in [1.29, 1.82) is 0 Å². The molecule has 0 saturated carbocycles. The molecule has 0 bridgehead atoms. The predicted octanol–water partition coefficient (Wildman–Crippen LogP) is 3.03. The van der Waals surface area contributed by atoms with Crippen LogP contribution < -0.4 is 0 Å². The summed E-state index contributed by atoms with van der Waals surface area (Å²) in [6.45, 7) is 1.11. The first-order valence-corrected chi connectivity index (χ1v) is 8.26. The minimum Gasteiger partial charge on any atom is -0.435 e. The maximum Gasteiger partial charge on any atom is 0.521 e. The fraction of sp³-hybridized carbons (Fsp3) is 0.500. The molecule has 25 heavy (non-hydrogen) atoms. The summed E-state index contributed by atoms with van der Waals surface area (Å²) in [4.78, 5) is 24.2. The number of thiol groups is 1. The van der Waals surface area contributed by atoms with E-state index in [1.807, 2.05) is 0 Å². The average Bonchev–Trinajstić information content (AvgIpc) is 2.80. The Bertz CT molecular complexity index is 679. The van der Waals surface area contributed by atoms with Gasteiger partial charge in [0.2, 0.25) is 0 Å². The first-order valence-electron chi connectivity index (χ1n) is 7.63. The number of hydrogen-bond acceptors (Lipinski definition) is 4. The summed E-state index contributed by atoms with van der Waals surface area (Å²) in [6.07, 6.45) is -6.03. The van der Waals surface area contributed by atoms with E-state index in [1.54, 1.807) is 0 Å². The SMILES string of the molecule is C[C@@H]1CC(O)(c2ccc(C(F)(F)F)cc2)C[N+]1(C(=O)O)C(=O)CCS. The van der Waals surface area contributed by atoms with Gasteiger partial charge in [-0.3, -0.25) is 0 Å². The Hall–Kier alpha value is -1.58. The van der Waals surface area contributed by atoms with Gasteiger partial charge in [0.05, 0.1) is 12.0 Å². The number of likely N-dealkylation sites (tertiary alicyclic amines) is 1. The first-order chi connectivity index (χ1) is 11.5. The number of alkyl halides is 3. The van der Waals surface area contributed by atoms with Crippen molar-refractivity contribution in [3.05, 3.63) is 35.4 Å². The van der Waals surface area contributed by atoms with Gasteiger partial charge in [-0.1, -0.05) is 12.1 Å². The molecule has 0 spiro atoms. The molecule has 1 heterocycles. The van der Waals surface area contributed by atoms with Crippen molar-refractivity contribution in [2.75, 3.05) is 12.3 Å². The molecule has 0 radical (unpaired) electrons. The molecule has 2 rings (SSSR count). The Morgan fingerprint density at radius 1 is 1.32 bits per heavy atom. The number of carbonyl (C=O) groups excluding carboxylic acids is 1. The highest BCUT2D eigenvalue weighted by Gasteiger charge is 2.62. The van der Waals surface area contributed by atoms with E-state index in [0.717, 1.165) is 24.3 Å². The van der Waals surface area contributed by atoms with Crippen LogP contribution in [-0.4, -0.2) is 45.0 Å². The van der Waals surface area contributed by atoms with E-state index in [1.165, 1.54) is 6.92 Å². The number of benzene rings is 1. The van der Waals surface area contributed by atoms with E-state index in [0.29, 0.717) is 0 Å². The number of rotatable bonds is 3. The van der Waals surface area contributed by atoms with E-state index < -0.39 is 46.4 Å². The molecule has 2 N–H and O–H groups in total. The minimum absolute atomic E-state index is 0.0526.